The van der Waals surface area contributed by atoms with E-state index >= 15 is 0 Å². The maximum atomic E-state index is 11.9. The van der Waals surface area contributed by atoms with Crippen LogP contribution in [0.15, 0.2) is 72.0 Å². The second-order valence-electron chi connectivity index (χ2n) is 9.20. The van der Waals surface area contributed by atoms with Crippen LogP contribution in [-0.4, -0.2) is 29.8 Å². The van der Waals surface area contributed by atoms with Gasteiger partial charge in [-0.05, 0) is 85.5 Å². The van der Waals surface area contributed by atoms with Crippen LogP contribution in [0.5, 0.6) is 0 Å². The Kier molecular flexibility index (Phi) is 7.50. The first-order chi connectivity index (χ1) is 16.1. The molecular weight excluding hydrogens is 410 g/mol. The number of aliphatic hydroxyl groups is 1. The summed E-state index contributed by atoms with van der Waals surface area (Å²) in [6.45, 7) is 6.30. The number of pyridine rings is 1. The van der Waals surface area contributed by atoms with Gasteiger partial charge in [-0.2, -0.15) is 4.91 Å². The molecule has 1 fully saturated rings. The van der Waals surface area contributed by atoms with Crippen molar-refractivity contribution in [1.82, 2.24) is 4.98 Å². The number of benzene rings is 2. The second-order valence-corrected chi connectivity index (χ2v) is 9.20. The molecule has 2 heterocycles. The molecular formula is C28H33N3O2. The van der Waals surface area contributed by atoms with E-state index in [4.69, 9.17) is 0 Å². The standard InChI is InChI=1S/C28H33N3O2/c1-20-5-3-4-6-26(20)27(18-28(30-33)24-11-14-29-21(2)17-24)23-7-9-25(10-8-23)31-15-12-22(19-32)13-16-31/h3-11,14,17,22,27-28,32H,12-13,15-16,18-19H2,1-2H3. The van der Waals surface area contributed by atoms with Gasteiger partial charge in [-0.15, -0.1) is 0 Å². The minimum absolute atomic E-state index is 0.0662. The summed E-state index contributed by atoms with van der Waals surface area (Å²) in [5.74, 6) is 0.493. The number of aromatic nitrogens is 1. The number of anilines is 1. The Morgan fingerprint density at radius 3 is 2.39 bits per heavy atom. The van der Waals surface area contributed by atoms with Gasteiger partial charge in [0.15, 0.2) is 0 Å². The molecule has 0 spiro atoms. The quantitative estimate of drug-likeness (QED) is 0.438. The van der Waals surface area contributed by atoms with Gasteiger partial charge >= 0.3 is 0 Å². The molecule has 1 saturated heterocycles. The van der Waals surface area contributed by atoms with Crippen molar-refractivity contribution in [3.05, 3.63) is 99.7 Å². The lowest BCUT2D eigenvalue weighted by Gasteiger charge is -2.33. The van der Waals surface area contributed by atoms with E-state index in [1.54, 1.807) is 6.20 Å². The number of hydrogen-bond acceptors (Lipinski definition) is 5. The van der Waals surface area contributed by atoms with E-state index in [1.165, 1.54) is 22.4 Å². The number of hydrogen-bond donors (Lipinski definition) is 1. The fourth-order valence-corrected chi connectivity index (χ4v) is 4.95. The third-order valence-corrected chi connectivity index (χ3v) is 6.99. The van der Waals surface area contributed by atoms with Gasteiger partial charge in [0.25, 0.3) is 0 Å². The molecule has 0 saturated carbocycles. The number of piperidine rings is 1. The first-order valence-corrected chi connectivity index (χ1v) is 11.9. The lowest BCUT2D eigenvalue weighted by atomic mass is 9.82. The molecule has 2 atom stereocenters. The van der Waals surface area contributed by atoms with Crippen LogP contribution in [0, 0.1) is 24.7 Å². The normalized spacial score (nSPS) is 16.4. The van der Waals surface area contributed by atoms with Crippen LogP contribution >= 0.6 is 0 Å². The molecule has 5 heteroatoms. The molecule has 2 aromatic carbocycles. The summed E-state index contributed by atoms with van der Waals surface area (Å²) in [6.07, 6.45) is 4.42. The summed E-state index contributed by atoms with van der Waals surface area (Å²) in [5, 5.41) is 12.9. The third kappa shape index (κ3) is 5.48. The Morgan fingerprint density at radius 2 is 1.76 bits per heavy atom. The van der Waals surface area contributed by atoms with Gasteiger partial charge in [0.1, 0.15) is 6.04 Å². The van der Waals surface area contributed by atoms with E-state index in [2.05, 4.69) is 70.5 Å². The summed E-state index contributed by atoms with van der Waals surface area (Å²) in [7, 11) is 0. The van der Waals surface area contributed by atoms with Gasteiger partial charge < -0.3 is 10.0 Å². The molecule has 33 heavy (non-hydrogen) atoms. The van der Waals surface area contributed by atoms with E-state index in [0.29, 0.717) is 12.3 Å². The Labute approximate surface area is 196 Å². The lowest BCUT2D eigenvalue weighted by molar-refractivity contribution is 0.203. The number of aryl methyl sites for hydroxylation is 2. The van der Waals surface area contributed by atoms with Crippen LogP contribution in [-0.2, 0) is 0 Å². The van der Waals surface area contributed by atoms with Gasteiger partial charge in [0.05, 0.1) is 0 Å². The summed E-state index contributed by atoms with van der Waals surface area (Å²) in [5.41, 5.74) is 6.66. The van der Waals surface area contributed by atoms with E-state index in [-0.39, 0.29) is 12.5 Å². The van der Waals surface area contributed by atoms with Crippen molar-refractivity contribution in [2.24, 2.45) is 11.1 Å². The molecule has 5 nitrogen and oxygen atoms in total. The van der Waals surface area contributed by atoms with Crippen molar-refractivity contribution in [2.45, 2.75) is 45.1 Å². The third-order valence-electron chi connectivity index (χ3n) is 6.99. The van der Waals surface area contributed by atoms with Crippen molar-refractivity contribution in [3.8, 4) is 0 Å². The number of nitrogens with zero attached hydrogens (tertiary/aromatic N) is 3. The number of rotatable bonds is 8. The molecule has 1 aromatic heterocycles. The summed E-state index contributed by atoms with van der Waals surface area (Å²) in [4.78, 5) is 18.6. The molecule has 1 aliphatic rings. The molecule has 0 aliphatic carbocycles. The van der Waals surface area contributed by atoms with E-state index in [1.807, 2.05) is 19.1 Å². The maximum absolute atomic E-state index is 11.9. The summed E-state index contributed by atoms with van der Waals surface area (Å²) in [6, 6.07) is 20.6. The molecule has 0 radical (unpaired) electrons. The SMILES string of the molecule is Cc1cc(C(CC(c2ccc(N3CCC(CO)CC3)cc2)c2ccccc2C)N=O)ccn1. The largest absolute Gasteiger partial charge is 0.396 e. The fourth-order valence-electron chi connectivity index (χ4n) is 4.95. The van der Waals surface area contributed by atoms with Crippen molar-refractivity contribution in [1.29, 1.82) is 0 Å². The highest BCUT2D eigenvalue weighted by Gasteiger charge is 2.24. The van der Waals surface area contributed by atoms with Gasteiger partial charge in [-0.25, -0.2) is 0 Å². The zero-order valence-corrected chi connectivity index (χ0v) is 19.5. The Morgan fingerprint density at radius 1 is 1.03 bits per heavy atom. The highest BCUT2D eigenvalue weighted by atomic mass is 16.3. The van der Waals surface area contributed by atoms with E-state index in [0.717, 1.165) is 37.2 Å². The lowest BCUT2D eigenvalue weighted by Crippen LogP contribution is -2.34. The second kappa shape index (κ2) is 10.7. The van der Waals surface area contributed by atoms with Crippen molar-refractivity contribution in [2.75, 3.05) is 24.6 Å². The minimum atomic E-state index is -0.437. The number of nitroso groups, excluding NO2 is 1. The highest BCUT2D eigenvalue weighted by molar-refractivity contribution is 5.50. The van der Waals surface area contributed by atoms with Crippen LogP contribution < -0.4 is 4.90 Å². The molecule has 0 amide bonds. The molecule has 0 bridgehead atoms. The predicted molar refractivity (Wildman–Crippen MR) is 134 cm³/mol. The topological polar surface area (TPSA) is 65.8 Å². The maximum Gasteiger partial charge on any atom is 0.118 e. The molecule has 172 valence electrons. The molecule has 1 N–H and O–H groups in total. The van der Waals surface area contributed by atoms with E-state index in [9.17, 15) is 10.0 Å². The Hall–Kier alpha value is -3.05. The van der Waals surface area contributed by atoms with Crippen LogP contribution in [0.1, 0.15) is 59.2 Å². The molecule has 2 unspecified atom stereocenters. The first kappa shape index (κ1) is 23.1. The smallest absolute Gasteiger partial charge is 0.118 e. The van der Waals surface area contributed by atoms with Crippen LogP contribution in [0.3, 0.4) is 0 Å². The van der Waals surface area contributed by atoms with Gasteiger partial charge in [-0.3, -0.25) is 4.98 Å². The Balaban J connectivity index is 1.61. The van der Waals surface area contributed by atoms with Crippen LogP contribution in [0.2, 0.25) is 0 Å². The summed E-state index contributed by atoms with van der Waals surface area (Å²) >= 11 is 0. The highest BCUT2D eigenvalue weighted by Crippen LogP contribution is 2.38. The van der Waals surface area contributed by atoms with Crippen LogP contribution in [0.4, 0.5) is 5.69 Å². The van der Waals surface area contributed by atoms with E-state index < -0.39 is 6.04 Å². The van der Waals surface area contributed by atoms with Crippen molar-refractivity contribution < 1.29 is 5.11 Å². The Bertz CT molecular complexity index is 1060. The molecule has 3 aromatic rings. The summed E-state index contributed by atoms with van der Waals surface area (Å²) < 4.78 is 0. The molecule has 1 aliphatic heterocycles. The zero-order valence-electron chi connectivity index (χ0n) is 19.5. The number of aliphatic hydroxyl groups excluding tert-OH is 1. The van der Waals surface area contributed by atoms with Gasteiger partial charge in [0, 0.05) is 43.2 Å². The fraction of sp³-hybridized carbons (Fsp3) is 0.393. The molecule has 4 rings (SSSR count). The van der Waals surface area contributed by atoms with Gasteiger partial charge in [-0.1, -0.05) is 41.6 Å². The predicted octanol–water partition coefficient (Wildman–Crippen LogP) is 5.94. The zero-order chi connectivity index (χ0) is 23.2. The minimum Gasteiger partial charge on any atom is -0.396 e. The monoisotopic (exact) mass is 443 g/mol. The van der Waals surface area contributed by atoms with Gasteiger partial charge in [0.2, 0.25) is 0 Å². The van der Waals surface area contributed by atoms with Crippen molar-refractivity contribution in [3.63, 3.8) is 0 Å². The average molecular weight is 444 g/mol. The van der Waals surface area contributed by atoms with Crippen molar-refractivity contribution >= 4 is 5.69 Å². The first-order valence-electron chi connectivity index (χ1n) is 11.9. The van der Waals surface area contributed by atoms with Crippen LogP contribution in [0.25, 0.3) is 0 Å². The average Bonchev–Trinajstić information content (AvgIpc) is 2.86.